The third-order valence-electron chi connectivity index (χ3n) is 4.26. The highest BCUT2D eigenvalue weighted by Crippen LogP contribution is 2.48. The number of aliphatic hydroxyl groups excluding tert-OH is 1. The van der Waals surface area contributed by atoms with Crippen LogP contribution in [0.3, 0.4) is 0 Å². The number of hydrogen-bond donors (Lipinski definition) is 1. The van der Waals surface area contributed by atoms with Gasteiger partial charge in [0.15, 0.2) is 0 Å². The summed E-state index contributed by atoms with van der Waals surface area (Å²) in [5.41, 5.74) is 0.908. The van der Waals surface area contributed by atoms with Crippen molar-refractivity contribution < 1.29 is 5.11 Å². The second-order valence-corrected chi connectivity index (χ2v) is 5.34. The summed E-state index contributed by atoms with van der Waals surface area (Å²) >= 11 is 0. The van der Waals surface area contributed by atoms with Crippen LogP contribution in [-0.2, 0) is 13.0 Å². The average Bonchev–Trinajstić information content (AvgIpc) is 2.95. The van der Waals surface area contributed by atoms with Crippen molar-refractivity contribution in [2.45, 2.75) is 38.6 Å². The van der Waals surface area contributed by atoms with Gasteiger partial charge in [-0.2, -0.15) is 0 Å². The van der Waals surface area contributed by atoms with Gasteiger partial charge in [-0.15, -0.1) is 5.10 Å². The molecule has 2 aliphatic rings. The molecule has 2 saturated carbocycles. The minimum atomic E-state index is 0.160. The summed E-state index contributed by atoms with van der Waals surface area (Å²) in [6.45, 7) is 1.19. The molecule has 1 aromatic heterocycles. The monoisotopic (exact) mass is 221 g/mol. The van der Waals surface area contributed by atoms with Gasteiger partial charge in [0, 0.05) is 25.8 Å². The Morgan fingerprint density at radius 2 is 2.31 bits per heavy atom. The van der Waals surface area contributed by atoms with E-state index in [0.29, 0.717) is 6.42 Å². The Balaban J connectivity index is 1.61. The van der Waals surface area contributed by atoms with Crippen LogP contribution in [0.2, 0.25) is 0 Å². The first-order valence-corrected chi connectivity index (χ1v) is 6.35. The molecule has 2 aliphatic carbocycles. The van der Waals surface area contributed by atoms with Crippen molar-refractivity contribution >= 4 is 0 Å². The minimum Gasteiger partial charge on any atom is -0.396 e. The Labute approximate surface area is 95.7 Å². The Hall–Kier alpha value is -0.900. The van der Waals surface area contributed by atoms with Crippen LogP contribution in [0.1, 0.15) is 31.4 Å². The quantitative estimate of drug-likeness (QED) is 0.832. The smallest absolute Gasteiger partial charge is 0.0849 e. The summed E-state index contributed by atoms with van der Waals surface area (Å²) in [6.07, 6.45) is 8.32. The fraction of sp³-hybridized carbons (Fsp3) is 0.833. The van der Waals surface area contributed by atoms with E-state index in [4.69, 9.17) is 5.11 Å². The molecule has 0 amide bonds. The van der Waals surface area contributed by atoms with Crippen molar-refractivity contribution in [2.75, 3.05) is 6.61 Å². The maximum absolute atomic E-state index is 8.82. The molecule has 4 heteroatoms. The van der Waals surface area contributed by atoms with Crippen molar-refractivity contribution in [1.29, 1.82) is 0 Å². The molecule has 1 aromatic rings. The fourth-order valence-electron chi connectivity index (χ4n) is 3.50. The van der Waals surface area contributed by atoms with Crippen LogP contribution in [0.4, 0.5) is 0 Å². The highest BCUT2D eigenvalue weighted by Gasteiger charge is 2.39. The predicted octanol–water partition coefficient (Wildman–Crippen LogP) is 1.25. The highest BCUT2D eigenvalue weighted by atomic mass is 16.3. The number of aromatic nitrogens is 3. The van der Waals surface area contributed by atoms with Gasteiger partial charge >= 0.3 is 0 Å². The van der Waals surface area contributed by atoms with E-state index in [1.807, 2.05) is 10.9 Å². The molecule has 0 spiro atoms. The van der Waals surface area contributed by atoms with E-state index in [1.54, 1.807) is 0 Å². The first-order valence-electron chi connectivity index (χ1n) is 6.35. The Morgan fingerprint density at radius 3 is 3.00 bits per heavy atom. The lowest BCUT2D eigenvalue weighted by Gasteiger charge is -2.20. The van der Waals surface area contributed by atoms with E-state index in [9.17, 15) is 0 Å². The zero-order valence-electron chi connectivity index (χ0n) is 9.55. The molecule has 2 fully saturated rings. The molecule has 0 aliphatic heterocycles. The topological polar surface area (TPSA) is 50.9 Å². The van der Waals surface area contributed by atoms with Crippen molar-refractivity contribution in [2.24, 2.45) is 17.8 Å². The van der Waals surface area contributed by atoms with Gasteiger partial charge in [-0.3, -0.25) is 4.68 Å². The Bertz CT molecular complexity index is 363. The molecule has 3 rings (SSSR count). The normalized spacial score (nSPS) is 32.4. The van der Waals surface area contributed by atoms with Gasteiger partial charge in [0.25, 0.3) is 0 Å². The number of aliphatic hydroxyl groups is 1. The van der Waals surface area contributed by atoms with Crippen LogP contribution in [0.25, 0.3) is 0 Å². The van der Waals surface area contributed by atoms with Gasteiger partial charge in [0.2, 0.25) is 0 Å². The second-order valence-electron chi connectivity index (χ2n) is 5.34. The molecule has 2 bridgehead atoms. The maximum atomic E-state index is 8.82. The van der Waals surface area contributed by atoms with Crippen LogP contribution in [-0.4, -0.2) is 26.7 Å². The fourth-order valence-corrected chi connectivity index (χ4v) is 3.50. The zero-order valence-corrected chi connectivity index (χ0v) is 9.55. The second kappa shape index (κ2) is 4.17. The van der Waals surface area contributed by atoms with Crippen LogP contribution in [0.15, 0.2) is 6.20 Å². The third kappa shape index (κ3) is 1.86. The lowest BCUT2D eigenvalue weighted by atomic mass is 9.89. The lowest BCUT2D eigenvalue weighted by Crippen LogP contribution is -2.17. The largest absolute Gasteiger partial charge is 0.396 e. The summed E-state index contributed by atoms with van der Waals surface area (Å²) < 4.78 is 1.97. The van der Waals surface area contributed by atoms with Gasteiger partial charge in [0.1, 0.15) is 0 Å². The van der Waals surface area contributed by atoms with E-state index in [0.717, 1.165) is 30.0 Å². The molecule has 0 radical (unpaired) electrons. The third-order valence-corrected chi connectivity index (χ3v) is 4.26. The number of rotatable bonds is 4. The SMILES string of the molecule is OCCc1cn(CC2CC3CCC2C3)nn1. The first-order chi connectivity index (χ1) is 7.85. The van der Waals surface area contributed by atoms with Crippen LogP contribution in [0, 0.1) is 17.8 Å². The zero-order chi connectivity index (χ0) is 11.0. The van der Waals surface area contributed by atoms with Crippen LogP contribution in [0.5, 0.6) is 0 Å². The van der Waals surface area contributed by atoms with Gasteiger partial charge < -0.3 is 5.11 Å². The molecule has 16 heavy (non-hydrogen) atoms. The van der Waals surface area contributed by atoms with Gasteiger partial charge in [-0.05, 0) is 37.0 Å². The average molecular weight is 221 g/mol. The standard InChI is InChI=1S/C12H19N3O/c16-4-3-12-8-15(14-13-12)7-11-6-9-1-2-10(11)5-9/h8-11,16H,1-7H2. The molecule has 1 N–H and O–H groups in total. The summed E-state index contributed by atoms with van der Waals surface area (Å²) in [4.78, 5) is 0. The number of fused-ring (bicyclic) bond motifs is 2. The van der Waals surface area contributed by atoms with Crippen LogP contribution < -0.4 is 0 Å². The van der Waals surface area contributed by atoms with Crippen molar-refractivity contribution in [3.8, 4) is 0 Å². The van der Waals surface area contributed by atoms with Gasteiger partial charge in [-0.1, -0.05) is 11.6 Å². The van der Waals surface area contributed by atoms with Gasteiger partial charge in [-0.25, -0.2) is 0 Å². The van der Waals surface area contributed by atoms with Crippen molar-refractivity contribution in [1.82, 2.24) is 15.0 Å². The summed E-state index contributed by atoms with van der Waals surface area (Å²) in [6, 6.07) is 0. The molecule has 1 heterocycles. The van der Waals surface area contributed by atoms with Crippen molar-refractivity contribution in [3.05, 3.63) is 11.9 Å². The minimum absolute atomic E-state index is 0.160. The van der Waals surface area contributed by atoms with Crippen LogP contribution >= 0.6 is 0 Å². The lowest BCUT2D eigenvalue weighted by molar-refractivity contribution is 0.283. The van der Waals surface area contributed by atoms with E-state index >= 15 is 0 Å². The molecule has 88 valence electrons. The van der Waals surface area contributed by atoms with E-state index in [2.05, 4.69) is 10.3 Å². The van der Waals surface area contributed by atoms with Crippen molar-refractivity contribution in [3.63, 3.8) is 0 Å². The summed E-state index contributed by atoms with van der Waals surface area (Å²) in [5.74, 6) is 2.76. The molecular formula is C12H19N3O. The molecule has 3 unspecified atom stereocenters. The van der Waals surface area contributed by atoms with E-state index in [-0.39, 0.29) is 6.61 Å². The first kappa shape index (κ1) is 10.3. The summed E-state index contributed by atoms with van der Waals surface area (Å²) in [5, 5.41) is 17.0. The molecule has 0 saturated heterocycles. The van der Waals surface area contributed by atoms with E-state index in [1.165, 1.54) is 25.7 Å². The van der Waals surface area contributed by atoms with E-state index < -0.39 is 0 Å². The number of hydrogen-bond acceptors (Lipinski definition) is 3. The molecule has 0 aromatic carbocycles. The van der Waals surface area contributed by atoms with Gasteiger partial charge in [0.05, 0.1) is 5.69 Å². The molecule has 4 nitrogen and oxygen atoms in total. The Kier molecular flexibility index (Phi) is 2.67. The summed E-state index contributed by atoms with van der Waals surface area (Å²) in [7, 11) is 0. The highest BCUT2D eigenvalue weighted by molar-refractivity contribution is 4.94. The predicted molar refractivity (Wildman–Crippen MR) is 59.7 cm³/mol. The maximum Gasteiger partial charge on any atom is 0.0849 e. The molecule has 3 atom stereocenters. The molecular weight excluding hydrogens is 202 g/mol. The Morgan fingerprint density at radius 1 is 1.38 bits per heavy atom. The number of nitrogens with zero attached hydrogens (tertiary/aromatic N) is 3.